The maximum Gasteiger partial charge on any atom is 0.573 e. The number of alkyl halides is 3. The number of anilines is 1. The summed E-state index contributed by atoms with van der Waals surface area (Å²) in [5, 5.41) is 10.6. The maximum atomic E-state index is 12.8. The minimum absolute atomic E-state index is 0.0395. The summed E-state index contributed by atoms with van der Waals surface area (Å²) in [4.78, 5) is 29.4. The van der Waals surface area contributed by atoms with Gasteiger partial charge in [-0.05, 0) is 24.3 Å². The van der Waals surface area contributed by atoms with Crippen molar-refractivity contribution in [3.8, 4) is 17.1 Å². The standard InChI is InChI=1S/C21H16F3N5O5/c1-11(30)16-7-6-15(33-16)10-29-25-9-17(28-29)27-20(31)18-19(32-12(2)26-18)13-4-3-5-14(8-13)34-21(22,23)24/h3-9H,10H2,1-2H3,(H,27,28,31). The molecule has 0 aliphatic carbocycles. The minimum Gasteiger partial charge on any atom is -0.456 e. The SMILES string of the molecule is CC(=O)c1ccc(Cn2ncc(NC(=O)c3nc(C)oc3-c3cccc(OC(F)(F)F)c3)n2)o1. The van der Waals surface area contributed by atoms with Gasteiger partial charge in [-0.3, -0.25) is 9.59 Å². The van der Waals surface area contributed by atoms with Gasteiger partial charge in [-0.2, -0.15) is 9.90 Å². The molecular weight excluding hydrogens is 459 g/mol. The predicted octanol–water partition coefficient (Wildman–Crippen LogP) is 4.24. The van der Waals surface area contributed by atoms with Crippen LogP contribution in [-0.2, 0) is 6.54 Å². The third-order valence-corrected chi connectivity index (χ3v) is 4.36. The molecule has 3 aromatic heterocycles. The van der Waals surface area contributed by atoms with E-state index in [4.69, 9.17) is 8.83 Å². The van der Waals surface area contributed by atoms with Crippen LogP contribution in [0.25, 0.3) is 11.3 Å². The molecule has 0 unspecified atom stereocenters. The molecule has 1 amide bonds. The average Bonchev–Trinajstić information content (AvgIpc) is 3.47. The number of aromatic nitrogens is 4. The summed E-state index contributed by atoms with van der Waals surface area (Å²) in [5.74, 6) is -0.584. The molecule has 0 saturated carbocycles. The third kappa shape index (κ3) is 5.31. The summed E-state index contributed by atoms with van der Waals surface area (Å²) in [6.07, 6.45) is -3.58. The molecule has 4 aromatic rings. The average molecular weight is 475 g/mol. The van der Waals surface area contributed by atoms with E-state index in [1.54, 1.807) is 6.07 Å². The number of benzene rings is 1. The molecule has 0 radical (unpaired) electrons. The molecule has 1 aromatic carbocycles. The molecule has 1 N–H and O–H groups in total. The van der Waals surface area contributed by atoms with Crippen LogP contribution in [0.15, 0.2) is 51.4 Å². The Balaban J connectivity index is 1.51. The Morgan fingerprint density at radius 2 is 1.97 bits per heavy atom. The minimum atomic E-state index is -4.87. The van der Waals surface area contributed by atoms with Crippen LogP contribution < -0.4 is 10.1 Å². The summed E-state index contributed by atoms with van der Waals surface area (Å²) in [5.41, 5.74) is 0.00333. The van der Waals surface area contributed by atoms with Crippen LogP contribution in [0.5, 0.6) is 5.75 Å². The molecule has 0 atom stereocenters. The Kier molecular flexibility index (Phi) is 5.92. The van der Waals surface area contributed by atoms with Crippen LogP contribution in [0.1, 0.15) is 39.6 Å². The number of ketones is 1. The highest BCUT2D eigenvalue weighted by Gasteiger charge is 2.31. The number of halogens is 3. The molecule has 0 spiro atoms. The first kappa shape index (κ1) is 22.8. The lowest BCUT2D eigenvalue weighted by atomic mass is 10.1. The van der Waals surface area contributed by atoms with Crippen molar-refractivity contribution in [3.63, 3.8) is 0 Å². The van der Waals surface area contributed by atoms with E-state index in [9.17, 15) is 22.8 Å². The lowest BCUT2D eigenvalue weighted by Crippen LogP contribution is -2.17. The summed E-state index contributed by atoms with van der Waals surface area (Å²) < 4.78 is 52.4. The molecule has 0 fully saturated rings. The van der Waals surface area contributed by atoms with Crippen molar-refractivity contribution in [2.24, 2.45) is 0 Å². The number of nitrogens with one attached hydrogen (secondary N) is 1. The first-order chi connectivity index (χ1) is 16.1. The van der Waals surface area contributed by atoms with E-state index in [0.29, 0.717) is 5.76 Å². The van der Waals surface area contributed by atoms with Crippen LogP contribution in [0, 0.1) is 6.92 Å². The number of aryl methyl sites for hydroxylation is 1. The van der Waals surface area contributed by atoms with Crippen LogP contribution in [0.3, 0.4) is 0 Å². The highest BCUT2D eigenvalue weighted by molar-refractivity contribution is 6.06. The fraction of sp³-hybridized carbons (Fsp3) is 0.190. The molecule has 0 saturated heterocycles. The van der Waals surface area contributed by atoms with Crippen molar-refractivity contribution in [2.75, 3.05) is 5.32 Å². The zero-order valence-corrected chi connectivity index (χ0v) is 17.7. The topological polar surface area (TPSA) is 125 Å². The Labute approximate surface area is 189 Å². The normalized spacial score (nSPS) is 11.4. The second-order valence-electron chi connectivity index (χ2n) is 7.02. The van der Waals surface area contributed by atoms with Gasteiger partial charge in [-0.15, -0.1) is 18.3 Å². The molecular formula is C21H16F3N5O5. The molecule has 0 bridgehead atoms. The molecule has 0 aliphatic rings. The van der Waals surface area contributed by atoms with Crippen molar-refractivity contribution in [1.29, 1.82) is 0 Å². The second kappa shape index (κ2) is 8.84. The number of hydrogen-bond donors (Lipinski definition) is 1. The first-order valence-corrected chi connectivity index (χ1v) is 9.72. The fourth-order valence-corrected chi connectivity index (χ4v) is 3.01. The number of Topliss-reactive ketones (excluding diaryl/α,β-unsaturated/α-hetero) is 1. The van der Waals surface area contributed by atoms with Crippen molar-refractivity contribution in [1.82, 2.24) is 20.0 Å². The van der Waals surface area contributed by atoms with Crippen LogP contribution >= 0.6 is 0 Å². The summed E-state index contributed by atoms with van der Waals surface area (Å²) in [7, 11) is 0. The van der Waals surface area contributed by atoms with Crippen LogP contribution in [0.2, 0.25) is 0 Å². The van der Waals surface area contributed by atoms with Gasteiger partial charge in [0.2, 0.25) is 0 Å². The van der Waals surface area contributed by atoms with Gasteiger partial charge in [-0.1, -0.05) is 12.1 Å². The number of amides is 1. The van der Waals surface area contributed by atoms with Gasteiger partial charge in [0, 0.05) is 19.4 Å². The van der Waals surface area contributed by atoms with E-state index in [2.05, 4.69) is 25.2 Å². The van der Waals surface area contributed by atoms with Gasteiger partial charge in [0.15, 0.2) is 34.7 Å². The molecule has 4 rings (SSSR count). The van der Waals surface area contributed by atoms with E-state index in [0.717, 1.165) is 12.1 Å². The first-order valence-electron chi connectivity index (χ1n) is 9.72. The number of carbonyl (C=O) groups is 2. The number of nitrogens with zero attached hydrogens (tertiary/aromatic N) is 4. The number of furan rings is 1. The molecule has 34 heavy (non-hydrogen) atoms. The van der Waals surface area contributed by atoms with Crippen molar-refractivity contribution in [3.05, 3.63) is 65.7 Å². The van der Waals surface area contributed by atoms with Crippen LogP contribution in [-0.4, -0.2) is 38.0 Å². The maximum absolute atomic E-state index is 12.8. The fourth-order valence-electron chi connectivity index (χ4n) is 3.01. The van der Waals surface area contributed by atoms with Crippen LogP contribution in [0.4, 0.5) is 19.0 Å². The van der Waals surface area contributed by atoms with Crippen molar-refractivity contribution >= 4 is 17.5 Å². The van der Waals surface area contributed by atoms with Gasteiger partial charge in [-0.25, -0.2) is 4.98 Å². The highest BCUT2D eigenvalue weighted by atomic mass is 19.4. The zero-order chi connectivity index (χ0) is 24.5. The van der Waals surface area contributed by atoms with Crippen molar-refractivity contribution < 1.29 is 36.3 Å². The summed E-state index contributed by atoms with van der Waals surface area (Å²) in [6.45, 7) is 2.98. The Morgan fingerprint density at radius 1 is 1.18 bits per heavy atom. The monoisotopic (exact) mass is 475 g/mol. The molecule has 0 aliphatic heterocycles. The van der Waals surface area contributed by atoms with E-state index < -0.39 is 18.0 Å². The molecule has 3 heterocycles. The van der Waals surface area contributed by atoms with E-state index in [1.165, 1.54) is 43.0 Å². The largest absolute Gasteiger partial charge is 0.573 e. The molecule has 13 heteroatoms. The Morgan fingerprint density at radius 3 is 2.68 bits per heavy atom. The second-order valence-corrected chi connectivity index (χ2v) is 7.02. The van der Waals surface area contributed by atoms with E-state index in [1.807, 2.05) is 0 Å². The van der Waals surface area contributed by atoms with Crippen molar-refractivity contribution in [2.45, 2.75) is 26.8 Å². The lowest BCUT2D eigenvalue weighted by molar-refractivity contribution is -0.274. The van der Waals surface area contributed by atoms with Gasteiger partial charge >= 0.3 is 6.36 Å². The zero-order valence-electron chi connectivity index (χ0n) is 17.7. The van der Waals surface area contributed by atoms with Gasteiger partial charge in [0.1, 0.15) is 18.1 Å². The Bertz CT molecular complexity index is 1350. The van der Waals surface area contributed by atoms with Gasteiger partial charge < -0.3 is 18.9 Å². The lowest BCUT2D eigenvalue weighted by Gasteiger charge is -2.09. The van der Waals surface area contributed by atoms with Gasteiger partial charge in [0.25, 0.3) is 5.91 Å². The summed E-state index contributed by atoms with van der Waals surface area (Å²) >= 11 is 0. The number of oxazole rings is 1. The number of rotatable bonds is 7. The smallest absolute Gasteiger partial charge is 0.456 e. The highest BCUT2D eigenvalue weighted by Crippen LogP contribution is 2.30. The quantitative estimate of drug-likeness (QED) is 0.394. The summed E-state index contributed by atoms with van der Waals surface area (Å²) in [6, 6.07) is 8.13. The number of ether oxygens (including phenoxy) is 1. The van der Waals surface area contributed by atoms with E-state index >= 15 is 0 Å². The third-order valence-electron chi connectivity index (χ3n) is 4.36. The molecule has 10 nitrogen and oxygen atoms in total. The predicted molar refractivity (Wildman–Crippen MR) is 109 cm³/mol. The number of carbonyl (C=O) groups excluding carboxylic acids is 2. The van der Waals surface area contributed by atoms with Gasteiger partial charge in [0.05, 0.1) is 6.20 Å². The Hall–Kier alpha value is -4.42. The molecule has 176 valence electrons. The number of hydrogen-bond acceptors (Lipinski definition) is 8. The van der Waals surface area contributed by atoms with E-state index in [-0.39, 0.29) is 46.8 Å².